The van der Waals surface area contributed by atoms with Crippen molar-refractivity contribution in [2.45, 2.75) is 25.9 Å². The van der Waals surface area contributed by atoms with Crippen LogP contribution in [0.5, 0.6) is 0 Å². The molecule has 0 unspecified atom stereocenters. The zero-order valence-electron chi connectivity index (χ0n) is 16.8. The van der Waals surface area contributed by atoms with Crippen molar-refractivity contribution in [2.24, 2.45) is 0 Å². The summed E-state index contributed by atoms with van der Waals surface area (Å²) in [5.74, 6) is 0.0735. The smallest absolute Gasteiger partial charge is 0.236 e. The molecule has 0 fully saturated rings. The zero-order chi connectivity index (χ0) is 19.9. The van der Waals surface area contributed by atoms with E-state index in [9.17, 15) is 4.79 Å². The van der Waals surface area contributed by atoms with Gasteiger partial charge in [0.05, 0.1) is 18.6 Å². The fraction of sp³-hybridized carbons (Fsp3) is 0.240. The van der Waals surface area contributed by atoms with Crippen LogP contribution in [0.3, 0.4) is 0 Å². The van der Waals surface area contributed by atoms with Crippen LogP contribution >= 0.6 is 0 Å². The molecule has 3 aromatic carbocycles. The van der Waals surface area contributed by atoms with E-state index in [2.05, 4.69) is 67.7 Å². The summed E-state index contributed by atoms with van der Waals surface area (Å²) in [5.41, 5.74) is 4.67. The molecule has 0 bridgehead atoms. The van der Waals surface area contributed by atoms with Crippen molar-refractivity contribution in [1.29, 1.82) is 0 Å². The van der Waals surface area contributed by atoms with Gasteiger partial charge in [0.1, 0.15) is 0 Å². The number of hydrogen-bond acceptors (Lipinski definition) is 2. The number of nitrogens with one attached hydrogen (secondary N) is 1. The number of amides is 1. The lowest BCUT2D eigenvalue weighted by molar-refractivity contribution is -0.130. The van der Waals surface area contributed by atoms with Gasteiger partial charge in [0.2, 0.25) is 5.91 Å². The highest BCUT2D eigenvalue weighted by Gasteiger charge is 2.20. The first-order valence-corrected chi connectivity index (χ1v) is 9.72. The number of nitrogens with zero attached hydrogens (tertiary/aromatic N) is 1. The second kappa shape index (κ2) is 9.34. The summed E-state index contributed by atoms with van der Waals surface area (Å²) in [6.07, 6.45) is 0. The van der Waals surface area contributed by atoms with E-state index in [0.717, 1.165) is 16.7 Å². The van der Waals surface area contributed by atoms with Gasteiger partial charge >= 0.3 is 0 Å². The standard InChI is InChI=1S/C25H28N2O/c1-19-14-16-23(17-15-19)25(22-12-8-5-9-13-22)26-18-24(28)27(3)20(2)21-10-6-4-7-11-21/h4-17,20,25-26H,18H2,1-3H3/t20-,25+/m1/s1. The van der Waals surface area contributed by atoms with Crippen LogP contribution in [0.15, 0.2) is 84.9 Å². The van der Waals surface area contributed by atoms with Gasteiger partial charge in [-0.1, -0.05) is 90.5 Å². The molecule has 0 saturated carbocycles. The molecule has 3 heteroatoms. The number of benzene rings is 3. The molecule has 0 aliphatic heterocycles. The summed E-state index contributed by atoms with van der Waals surface area (Å²) in [6, 6.07) is 28.9. The second-order valence-corrected chi connectivity index (χ2v) is 7.23. The normalized spacial score (nSPS) is 13.0. The minimum Gasteiger partial charge on any atom is -0.338 e. The van der Waals surface area contributed by atoms with E-state index in [1.165, 1.54) is 5.56 Å². The lowest BCUT2D eigenvalue weighted by atomic mass is 9.98. The van der Waals surface area contributed by atoms with Crippen LogP contribution in [-0.2, 0) is 4.79 Å². The number of carbonyl (C=O) groups is 1. The van der Waals surface area contributed by atoms with Gasteiger partial charge in [-0.2, -0.15) is 0 Å². The molecule has 0 aliphatic carbocycles. The Morgan fingerprint density at radius 2 is 1.32 bits per heavy atom. The van der Waals surface area contributed by atoms with Crippen LogP contribution in [0.2, 0.25) is 0 Å². The Kier molecular flexibility index (Phi) is 6.62. The highest BCUT2D eigenvalue weighted by Crippen LogP contribution is 2.23. The Labute approximate surface area is 168 Å². The molecule has 1 N–H and O–H groups in total. The lowest BCUT2D eigenvalue weighted by Gasteiger charge is -2.27. The molecule has 0 aromatic heterocycles. The first-order chi connectivity index (χ1) is 13.6. The van der Waals surface area contributed by atoms with Crippen LogP contribution < -0.4 is 5.32 Å². The molecule has 3 aromatic rings. The van der Waals surface area contributed by atoms with E-state index < -0.39 is 0 Å². The Hall–Kier alpha value is -2.91. The van der Waals surface area contributed by atoms with Gasteiger partial charge in [-0.25, -0.2) is 0 Å². The zero-order valence-corrected chi connectivity index (χ0v) is 16.8. The van der Waals surface area contributed by atoms with E-state index in [0.29, 0.717) is 0 Å². The van der Waals surface area contributed by atoms with Gasteiger partial charge in [0.25, 0.3) is 0 Å². The van der Waals surface area contributed by atoms with Gasteiger partial charge in [-0.05, 0) is 30.5 Å². The minimum absolute atomic E-state index is 0.0221. The molecule has 2 atom stereocenters. The number of aryl methyl sites for hydroxylation is 1. The molecule has 144 valence electrons. The van der Waals surface area contributed by atoms with E-state index in [-0.39, 0.29) is 24.5 Å². The van der Waals surface area contributed by atoms with Crippen molar-refractivity contribution in [2.75, 3.05) is 13.6 Å². The van der Waals surface area contributed by atoms with Crippen molar-refractivity contribution >= 4 is 5.91 Å². The van der Waals surface area contributed by atoms with Crippen LogP contribution in [0.25, 0.3) is 0 Å². The van der Waals surface area contributed by atoms with Crippen LogP contribution in [0.1, 0.15) is 41.3 Å². The van der Waals surface area contributed by atoms with Gasteiger partial charge in [0.15, 0.2) is 0 Å². The molecule has 28 heavy (non-hydrogen) atoms. The molecule has 1 amide bonds. The summed E-state index contributed by atoms with van der Waals surface area (Å²) >= 11 is 0. The van der Waals surface area contributed by atoms with Crippen molar-refractivity contribution in [3.8, 4) is 0 Å². The maximum Gasteiger partial charge on any atom is 0.236 e. The van der Waals surface area contributed by atoms with Crippen molar-refractivity contribution in [1.82, 2.24) is 10.2 Å². The number of likely N-dealkylation sites (N-methyl/N-ethyl adjacent to an activating group) is 1. The third kappa shape index (κ3) is 4.87. The van der Waals surface area contributed by atoms with E-state index in [4.69, 9.17) is 0 Å². The van der Waals surface area contributed by atoms with Gasteiger partial charge < -0.3 is 4.90 Å². The van der Waals surface area contributed by atoms with Crippen LogP contribution in [0.4, 0.5) is 0 Å². The molecule has 0 spiro atoms. The topological polar surface area (TPSA) is 32.3 Å². The summed E-state index contributed by atoms with van der Waals surface area (Å²) in [4.78, 5) is 14.6. The Balaban J connectivity index is 1.72. The molecular weight excluding hydrogens is 344 g/mol. The third-order valence-electron chi connectivity index (χ3n) is 5.26. The van der Waals surface area contributed by atoms with Crippen LogP contribution in [0, 0.1) is 6.92 Å². The number of hydrogen-bond donors (Lipinski definition) is 1. The summed E-state index contributed by atoms with van der Waals surface area (Å²) in [5, 5.41) is 3.47. The molecule has 0 heterocycles. The maximum atomic E-state index is 12.8. The largest absolute Gasteiger partial charge is 0.338 e. The van der Waals surface area contributed by atoms with Crippen molar-refractivity contribution in [3.05, 3.63) is 107 Å². The highest BCUT2D eigenvalue weighted by molar-refractivity contribution is 5.78. The second-order valence-electron chi connectivity index (χ2n) is 7.23. The first kappa shape index (κ1) is 19.8. The quantitative estimate of drug-likeness (QED) is 0.640. The lowest BCUT2D eigenvalue weighted by Crippen LogP contribution is -2.38. The van der Waals surface area contributed by atoms with Gasteiger partial charge in [0, 0.05) is 7.05 Å². The monoisotopic (exact) mass is 372 g/mol. The fourth-order valence-electron chi connectivity index (χ4n) is 3.32. The molecule has 3 rings (SSSR count). The van der Waals surface area contributed by atoms with E-state index in [1.54, 1.807) is 4.90 Å². The Morgan fingerprint density at radius 3 is 1.89 bits per heavy atom. The molecule has 0 saturated heterocycles. The first-order valence-electron chi connectivity index (χ1n) is 9.72. The van der Waals surface area contributed by atoms with Gasteiger partial charge in [-0.3, -0.25) is 10.1 Å². The molecule has 3 nitrogen and oxygen atoms in total. The SMILES string of the molecule is Cc1ccc([C@@H](NCC(=O)N(C)[C@H](C)c2ccccc2)c2ccccc2)cc1. The number of rotatable bonds is 7. The molecular formula is C25H28N2O. The minimum atomic E-state index is -0.0221. The third-order valence-corrected chi connectivity index (χ3v) is 5.26. The number of carbonyl (C=O) groups excluding carboxylic acids is 1. The Morgan fingerprint density at radius 1 is 0.821 bits per heavy atom. The predicted molar refractivity (Wildman–Crippen MR) is 115 cm³/mol. The molecule has 0 radical (unpaired) electrons. The summed E-state index contributed by atoms with van der Waals surface area (Å²) in [7, 11) is 1.87. The summed E-state index contributed by atoms with van der Waals surface area (Å²) < 4.78 is 0. The average molecular weight is 373 g/mol. The van der Waals surface area contributed by atoms with E-state index in [1.807, 2.05) is 43.4 Å². The fourth-order valence-corrected chi connectivity index (χ4v) is 3.32. The van der Waals surface area contributed by atoms with E-state index >= 15 is 0 Å². The van der Waals surface area contributed by atoms with Gasteiger partial charge in [-0.15, -0.1) is 0 Å². The molecule has 0 aliphatic rings. The summed E-state index contributed by atoms with van der Waals surface area (Å²) in [6.45, 7) is 4.42. The average Bonchev–Trinajstić information content (AvgIpc) is 2.75. The van der Waals surface area contributed by atoms with Crippen molar-refractivity contribution < 1.29 is 4.79 Å². The van der Waals surface area contributed by atoms with Crippen molar-refractivity contribution in [3.63, 3.8) is 0 Å². The highest BCUT2D eigenvalue weighted by atomic mass is 16.2. The maximum absolute atomic E-state index is 12.8. The predicted octanol–water partition coefficient (Wildman–Crippen LogP) is 4.89. The van der Waals surface area contributed by atoms with Crippen LogP contribution in [-0.4, -0.2) is 24.4 Å². The Bertz CT molecular complexity index is 875.